The molecule has 1 amide bonds. The first-order chi connectivity index (χ1) is 16.7. The molecule has 0 spiro atoms. The van der Waals surface area contributed by atoms with Gasteiger partial charge in [-0.1, -0.05) is 30.3 Å². The molecule has 2 aliphatic rings. The number of benzene rings is 1. The van der Waals surface area contributed by atoms with Gasteiger partial charge >= 0.3 is 6.09 Å². The number of rotatable bonds is 5. The van der Waals surface area contributed by atoms with Crippen molar-refractivity contribution in [2.45, 2.75) is 32.3 Å². The van der Waals surface area contributed by atoms with E-state index < -0.39 is 10.1 Å². The molecule has 1 fully saturated rings. The van der Waals surface area contributed by atoms with Gasteiger partial charge in [-0.3, -0.25) is 9.35 Å². The topological polar surface area (TPSA) is 145 Å². The van der Waals surface area contributed by atoms with Crippen LogP contribution in [0, 0.1) is 0 Å². The Morgan fingerprint density at radius 3 is 2.63 bits per heavy atom. The van der Waals surface area contributed by atoms with Gasteiger partial charge in [0.15, 0.2) is 0 Å². The molecule has 192 valence electrons. The molecule has 0 unspecified atom stereocenters. The first-order valence-corrected chi connectivity index (χ1v) is 13.5. The predicted octanol–water partition coefficient (Wildman–Crippen LogP) is 1.52. The quantitative estimate of drug-likeness (QED) is 0.513. The van der Waals surface area contributed by atoms with Crippen molar-refractivity contribution < 1.29 is 22.5 Å². The van der Waals surface area contributed by atoms with E-state index in [-0.39, 0.29) is 11.7 Å². The molecule has 3 heterocycles. The van der Waals surface area contributed by atoms with Crippen molar-refractivity contribution in [1.29, 1.82) is 0 Å². The van der Waals surface area contributed by atoms with Crippen LogP contribution in [0.3, 0.4) is 0 Å². The second-order valence-electron chi connectivity index (χ2n) is 8.59. The first-order valence-electron chi connectivity index (χ1n) is 11.7. The highest BCUT2D eigenvalue weighted by Gasteiger charge is 2.22. The maximum absolute atomic E-state index is 12.4. The van der Waals surface area contributed by atoms with Crippen LogP contribution in [0.1, 0.15) is 29.7 Å². The van der Waals surface area contributed by atoms with E-state index in [1.807, 2.05) is 30.3 Å². The lowest BCUT2D eigenvalue weighted by Crippen LogP contribution is -2.36. The predicted molar refractivity (Wildman–Crippen MR) is 132 cm³/mol. The molecule has 4 rings (SSSR count). The van der Waals surface area contributed by atoms with E-state index in [1.165, 1.54) is 0 Å². The average Bonchev–Trinajstić information content (AvgIpc) is 3.08. The van der Waals surface area contributed by atoms with Gasteiger partial charge in [-0.05, 0) is 31.4 Å². The molecule has 1 saturated heterocycles. The lowest BCUT2D eigenvalue weighted by atomic mass is 10.0. The van der Waals surface area contributed by atoms with Gasteiger partial charge in [0.2, 0.25) is 0 Å². The van der Waals surface area contributed by atoms with Crippen LogP contribution >= 0.6 is 0 Å². The number of hydrogen-bond donors (Lipinski definition) is 3. The third-order valence-electron chi connectivity index (χ3n) is 5.78. The van der Waals surface area contributed by atoms with Crippen LogP contribution in [-0.2, 0) is 34.3 Å². The number of nitrogens with one attached hydrogen (secondary N) is 2. The Kier molecular flexibility index (Phi) is 9.64. The molecule has 2 aliphatic heterocycles. The van der Waals surface area contributed by atoms with Crippen molar-refractivity contribution in [2.75, 3.05) is 50.8 Å². The van der Waals surface area contributed by atoms with Crippen molar-refractivity contribution in [3.05, 3.63) is 57.5 Å². The number of anilines is 1. The number of nitrogens with zero attached hydrogens (tertiary/aromatic N) is 3. The standard InChI is InChI=1S/C22H29N5O3.CH4O3S/c28-21-18-8-4-10-23-20(18)19(24-25-21)9-13-26-11-5-12-27(15-14-26)22(29)30-16-17-6-2-1-3-7-17;1-5(2,3)4/h1-3,6-7,23H,4-5,8-16H2,(H,25,28);1H3,(H,2,3,4). The Morgan fingerprint density at radius 2 is 1.89 bits per heavy atom. The Morgan fingerprint density at radius 1 is 1.14 bits per heavy atom. The zero-order valence-electron chi connectivity index (χ0n) is 19.9. The van der Waals surface area contributed by atoms with Crippen LogP contribution in [-0.4, -0.2) is 84.6 Å². The van der Waals surface area contributed by atoms with Gasteiger partial charge in [0.25, 0.3) is 15.7 Å². The molecule has 2 aromatic rings. The summed E-state index contributed by atoms with van der Waals surface area (Å²) in [7, 11) is -3.67. The van der Waals surface area contributed by atoms with E-state index in [2.05, 4.69) is 20.4 Å². The zero-order valence-corrected chi connectivity index (χ0v) is 20.7. The fourth-order valence-corrected chi connectivity index (χ4v) is 4.09. The fraction of sp³-hybridized carbons (Fsp3) is 0.522. The summed E-state index contributed by atoms with van der Waals surface area (Å²) in [5.41, 5.74) is 3.58. The summed E-state index contributed by atoms with van der Waals surface area (Å²) in [6, 6.07) is 9.74. The molecule has 11 nitrogen and oxygen atoms in total. The second kappa shape index (κ2) is 12.7. The molecule has 3 N–H and O–H groups in total. The number of H-pyrrole nitrogens is 1. The average molecular weight is 508 g/mol. The van der Waals surface area contributed by atoms with Crippen LogP contribution < -0.4 is 10.9 Å². The maximum atomic E-state index is 12.4. The summed E-state index contributed by atoms with van der Waals surface area (Å²) in [5, 5.41) is 10.3. The monoisotopic (exact) mass is 507 g/mol. The number of aromatic nitrogens is 2. The van der Waals surface area contributed by atoms with Gasteiger partial charge in [-0.2, -0.15) is 13.5 Å². The third kappa shape index (κ3) is 8.96. The largest absolute Gasteiger partial charge is 0.445 e. The zero-order chi connectivity index (χ0) is 25.3. The van der Waals surface area contributed by atoms with E-state index in [1.54, 1.807) is 4.90 Å². The van der Waals surface area contributed by atoms with Crippen molar-refractivity contribution in [3.8, 4) is 0 Å². The minimum Gasteiger partial charge on any atom is -0.445 e. The molecular weight excluding hydrogens is 474 g/mol. The summed E-state index contributed by atoms with van der Waals surface area (Å²) in [4.78, 5) is 28.6. The van der Waals surface area contributed by atoms with Crippen LogP contribution in [0.15, 0.2) is 35.1 Å². The Balaban J connectivity index is 0.000000623. The van der Waals surface area contributed by atoms with Gasteiger partial charge in [-0.15, -0.1) is 0 Å². The van der Waals surface area contributed by atoms with Crippen molar-refractivity contribution in [2.24, 2.45) is 0 Å². The van der Waals surface area contributed by atoms with Gasteiger partial charge < -0.3 is 19.9 Å². The SMILES string of the molecule is CS(=O)(=O)O.O=C(OCc1ccccc1)N1CCCN(CCc2n[nH]c(=O)c3c2NCCC3)CC1. The highest BCUT2D eigenvalue weighted by molar-refractivity contribution is 7.85. The smallest absolute Gasteiger partial charge is 0.410 e. The van der Waals surface area contributed by atoms with Crippen molar-refractivity contribution >= 4 is 21.9 Å². The summed E-state index contributed by atoms with van der Waals surface area (Å²) in [6.45, 7) is 5.13. The molecule has 0 bridgehead atoms. The van der Waals surface area contributed by atoms with E-state index in [9.17, 15) is 18.0 Å². The maximum Gasteiger partial charge on any atom is 0.410 e. The fourth-order valence-electron chi connectivity index (χ4n) is 4.09. The minimum absolute atomic E-state index is 0.0830. The van der Waals surface area contributed by atoms with Crippen LogP contribution in [0.25, 0.3) is 0 Å². The molecule has 1 aromatic carbocycles. The van der Waals surface area contributed by atoms with Crippen LogP contribution in [0.5, 0.6) is 0 Å². The summed E-state index contributed by atoms with van der Waals surface area (Å²) < 4.78 is 31.3. The van der Waals surface area contributed by atoms with E-state index in [0.717, 1.165) is 74.4 Å². The summed E-state index contributed by atoms with van der Waals surface area (Å²) in [5.74, 6) is 0. The molecule has 0 atom stereocenters. The number of amides is 1. The first kappa shape index (κ1) is 26.6. The van der Waals surface area contributed by atoms with Crippen molar-refractivity contribution in [1.82, 2.24) is 20.0 Å². The van der Waals surface area contributed by atoms with Gasteiger partial charge in [-0.25, -0.2) is 9.89 Å². The van der Waals surface area contributed by atoms with E-state index in [4.69, 9.17) is 9.29 Å². The van der Waals surface area contributed by atoms with Gasteiger partial charge in [0.05, 0.1) is 17.6 Å². The number of ether oxygens (including phenoxy) is 1. The molecule has 0 saturated carbocycles. The second-order valence-corrected chi connectivity index (χ2v) is 10.1. The number of carbonyl (C=O) groups is 1. The number of fused-ring (bicyclic) bond motifs is 1. The molecule has 0 radical (unpaired) electrons. The van der Waals surface area contributed by atoms with Crippen molar-refractivity contribution in [3.63, 3.8) is 0 Å². The highest BCUT2D eigenvalue weighted by Crippen LogP contribution is 2.21. The lowest BCUT2D eigenvalue weighted by Gasteiger charge is -2.23. The minimum atomic E-state index is -3.67. The Hall–Kier alpha value is -2.96. The summed E-state index contributed by atoms with van der Waals surface area (Å²) >= 11 is 0. The molecule has 1 aromatic heterocycles. The number of carbonyl (C=O) groups excluding carboxylic acids is 1. The van der Waals surface area contributed by atoms with Crippen LogP contribution in [0.2, 0.25) is 0 Å². The Bertz CT molecular complexity index is 1130. The van der Waals surface area contributed by atoms with Crippen LogP contribution in [0.4, 0.5) is 10.5 Å². The van der Waals surface area contributed by atoms with E-state index in [0.29, 0.717) is 26.0 Å². The Labute approximate surface area is 205 Å². The molecule has 12 heteroatoms. The third-order valence-corrected chi connectivity index (χ3v) is 5.78. The number of aromatic amines is 1. The molecule has 0 aliphatic carbocycles. The molecular formula is C23H33N5O6S. The van der Waals surface area contributed by atoms with Gasteiger partial charge in [0.1, 0.15) is 6.61 Å². The number of hydrogen-bond acceptors (Lipinski definition) is 8. The summed E-state index contributed by atoms with van der Waals surface area (Å²) in [6.07, 6.45) is 3.92. The molecule has 35 heavy (non-hydrogen) atoms. The van der Waals surface area contributed by atoms with Gasteiger partial charge in [0, 0.05) is 44.7 Å². The lowest BCUT2D eigenvalue weighted by molar-refractivity contribution is 0.0973. The van der Waals surface area contributed by atoms with E-state index >= 15 is 0 Å². The normalized spacial score (nSPS) is 16.2. The highest BCUT2D eigenvalue weighted by atomic mass is 32.2.